The number of benzene rings is 1. The third-order valence-electron chi connectivity index (χ3n) is 3.69. The van der Waals surface area contributed by atoms with Crippen molar-refractivity contribution in [3.05, 3.63) is 47.2 Å². The standard InChI is InChI=1S/C17H28OSi/c1-4-5-7-12-17(13-14-18)19(2,3)15-16-10-8-6-9-11-16/h6,8-12,18H,4-5,7,13-15H2,1-3H3/b17-12-. The second-order valence-corrected chi connectivity index (χ2v) is 10.7. The predicted molar refractivity (Wildman–Crippen MR) is 86.9 cm³/mol. The molecule has 0 unspecified atom stereocenters. The first-order chi connectivity index (χ1) is 9.10. The van der Waals surface area contributed by atoms with Crippen molar-refractivity contribution in [1.82, 2.24) is 0 Å². The summed E-state index contributed by atoms with van der Waals surface area (Å²) in [6.07, 6.45) is 6.93. The summed E-state index contributed by atoms with van der Waals surface area (Å²) in [6.45, 7) is 7.36. The van der Waals surface area contributed by atoms with Gasteiger partial charge in [0.2, 0.25) is 0 Å². The van der Waals surface area contributed by atoms with Gasteiger partial charge >= 0.3 is 0 Å². The molecule has 1 aromatic rings. The molecule has 0 heterocycles. The lowest BCUT2D eigenvalue weighted by atomic mass is 10.2. The third kappa shape index (κ3) is 5.75. The monoisotopic (exact) mass is 276 g/mol. The molecule has 2 heteroatoms. The Morgan fingerprint density at radius 2 is 1.89 bits per heavy atom. The minimum Gasteiger partial charge on any atom is -0.396 e. The van der Waals surface area contributed by atoms with Crippen LogP contribution in [0.3, 0.4) is 0 Å². The molecule has 1 nitrogen and oxygen atoms in total. The van der Waals surface area contributed by atoms with Crippen LogP contribution in [0.25, 0.3) is 0 Å². The minimum atomic E-state index is -1.44. The quantitative estimate of drug-likeness (QED) is 0.547. The zero-order valence-electron chi connectivity index (χ0n) is 12.7. The first-order valence-corrected chi connectivity index (χ1v) is 10.6. The summed E-state index contributed by atoms with van der Waals surface area (Å²) >= 11 is 0. The Labute approximate surface area is 119 Å². The van der Waals surface area contributed by atoms with Crippen LogP contribution in [-0.2, 0) is 6.04 Å². The first kappa shape index (κ1) is 16.2. The van der Waals surface area contributed by atoms with Crippen LogP contribution < -0.4 is 0 Å². The molecule has 0 atom stereocenters. The van der Waals surface area contributed by atoms with E-state index < -0.39 is 8.07 Å². The second kappa shape index (κ2) is 8.34. The first-order valence-electron chi connectivity index (χ1n) is 7.44. The van der Waals surface area contributed by atoms with E-state index in [1.807, 2.05) is 0 Å². The fourth-order valence-electron chi connectivity index (χ4n) is 2.54. The molecule has 0 aliphatic carbocycles. The lowest BCUT2D eigenvalue weighted by Crippen LogP contribution is -2.33. The predicted octanol–water partition coefficient (Wildman–Crippen LogP) is 4.51. The fraction of sp³-hybridized carbons (Fsp3) is 0.529. The Hall–Kier alpha value is -0.863. The summed E-state index contributed by atoms with van der Waals surface area (Å²) in [5, 5.41) is 10.8. The van der Waals surface area contributed by atoms with Gasteiger partial charge in [-0.25, -0.2) is 0 Å². The molecule has 0 aliphatic heterocycles. The highest BCUT2D eigenvalue weighted by molar-refractivity contribution is 6.83. The number of aliphatic hydroxyl groups excluding tert-OH is 1. The molecule has 0 saturated heterocycles. The van der Waals surface area contributed by atoms with Gasteiger partial charge in [0.15, 0.2) is 0 Å². The Morgan fingerprint density at radius 3 is 2.47 bits per heavy atom. The van der Waals surface area contributed by atoms with Gasteiger partial charge < -0.3 is 5.11 Å². The number of hydrogen-bond donors (Lipinski definition) is 1. The molecule has 1 rings (SSSR count). The van der Waals surface area contributed by atoms with E-state index in [0.29, 0.717) is 0 Å². The maximum atomic E-state index is 9.30. The van der Waals surface area contributed by atoms with Crippen LogP contribution in [0.15, 0.2) is 41.6 Å². The van der Waals surface area contributed by atoms with Crippen LogP contribution in [-0.4, -0.2) is 19.8 Å². The Morgan fingerprint density at radius 1 is 1.21 bits per heavy atom. The van der Waals surface area contributed by atoms with E-state index in [2.05, 4.69) is 56.4 Å². The van der Waals surface area contributed by atoms with Crippen molar-refractivity contribution in [3.8, 4) is 0 Å². The average Bonchev–Trinajstić information content (AvgIpc) is 2.38. The largest absolute Gasteiger partial charge is 0.396 e. The van der Waals surface area contributed by atoms with Crippen molar-refractivity contribution in [3.63, 3.8) is 0 Å². The zero-order valence-corrected chi connectivity index (χ0v) is 13.7. The van der Waals surface area contributed by atoms with Gasteiger partial charge in [-0.15, -0.1) is 0 Å². The van der Waals surface area contributed by atoms with Gasteiger partial charge in [-0.1, -0.05) is 80.0 Å². The molecule has 0 bridgehead atoms. The highest BCUT2D eigenvalue weighted by Gasteiger charge is 2.25. The number of rotatable bonds is 8. The smallest absolute Gasteiger partial charge is 0.0794 e. The molecule has 106 valence electrons. The van der Waals surface area contributed by atoms with E-state index in [9.17, 15) is 5.11 Å². The van der Waals surface area contributed by atoms with Crippen LogP contribution >= 0.6 is 0 Å². The third-order valence-corrected chi connectivity index (χ3v) is 7.17. The van der Waals surface area contributed by atoms with Gasteiger partial charge in [0.05, 0.1) is 8.07 Å². The van der Waals surface area contributed by atoms with Gasteiger partial charge in [0.1, 0.15) is 0 Å². The summed E-state index contributed by atoms with van der Waals surface area (Å²) in [5.74, 6) is 0. The normalized spacial score (nSPS) is 12.7. The van der Waals surface area contributed by atoms with Crippen molar-refractivity contribution < 1.29 is 5.11 Å². The van der Waals surface area contributed by atoms with Crippen LogP contribution in [0.5, 0.6) is 0 Å². The summed E-state index contributed by atoms with van der Waals surface area (Å²) in [6, 6.07) is 11.9. The average molecular weight is 276 g/mol. The van der Waals surface area contributed by atoms with Crippen molar-refractivity contribution in [1.29, 1.82) is 0 Å². The Bertz CT molecular complexity index is 382. The van der Waals surface area contributed by atoms with E-state index in [0.717, 1.165) is 12.8 Å². The number of unbranched alkanes of at least 4 members (excludes halogenated alkanes) is 2. The summed E-state index contributed by atoms with van der Waals surface area (Å²) in [5.41, 5.74) is 1.43. The van der Waals surface area contributed by atoms with E-state index in [-0.39, 0.29) is 6.61 Å². The molecule has 0 saturated carbocycles. The molecule has 19 heavy (non-hydrogen) atoms. The van der Waals surface area contributed by atoms with Gasteiger partial charge in [0, 0.05) is 6.61 Å². The van der Waals surface area contributed by atoms with E-state index in [1.165, 1.54) is 29.6 Å². The van der Waals surface area contributed by atoms with Crippen LogP contribution in [0.4, 0.5) is 0 Å². The lowest BCUT2D eigenvalue weighted by Gasteiger charge is -2.26. The molecular weight excluding hydrogens is 248 g/mol. The Balaban J connectivity index is 2.77. The van der Waals surface area contributed by atoms with Gasteiger partial charge in [0.25, 0.3) is 0 Å². The minimum absolute atomic E-state index is 0.281. The maximum Gasteiger partial charge on any atom is 0.0794 e. The van der Waals surface area contributed by atoms with Gasteiger partial charge in [-0.2, -0.15) is 0 Å². The second-order valence-electron chi connectivity index (χ2n) is 5.89. The Kier molecular flexibility index (Phi) is 7.10. The molecule has 0 amide bonds. The van der Waals surface area contributed by atoms with E-state index in [4.69, 9.17) is 0 Å². The molecule has 0 spiro atoms. The van der Waals surface area contributed by atoms with Crippen molar-refractivity contribution in [2.24, 2.45) is 0 Å². The number of aliphatic hydroxyl groups is 1. The summed E-state index contributed by atoms with van der Waals surface area (Å²) in [4.78, 5) is 0. The SMILES string of the molecule is CCCC/C=C(/CCO)[Si](C)(C)Cc1ccccc1. The van der Waals surface area contributed by atoms with E-state index in [1.54, 1.807) is 0 Å². The molecule has 1 N–H and O–H groups in total. The highest BCUT2D eigenvalue weighted by atomic mass is 28.3. The molecule has 0 radical (unpaired) electrons. The molecule has 0 fully saturated rings. The van der Waals surface area contributed by atoms with E-state index >= 15 is 0 Å². The number of allylic oxidation sites excluding steroid dienone is 1. The molecule has 0 aliphatic rings. The summed E-state index contributed by atoms with van der Waals surface area (Å²) < 4.78 is 0. The van der Waals surface area contributed by atoms with Crippen LogP contribution in [0, 0.1) is 0 Å². The van der Waals surface area contributed by atoms with Crippen LogP contribution in [0.1, 0.15) is 38.2 Å². The van der Waals surface area contributed by atoms with Crippen molar-refractivity contribution >= 4 is 8.07 Å². The molecular formula is C17H28OSi. The van der Waals surface area contributed by atoms with Gasteiger partial charge in [-0.3, -0.25) is 0 Å². The van der Waals surface area contributed by atoms with Crippen LogP contribution in [0.2, 0.25) is 13.1 Å². The van der Waals surface area contributed by atoms with Crippen molar-refractivity contribution in [2.75, 3.05) is 6.61 Å². The highest BCUT2D eigenvalue weighted by Crippen LogP contribution is 2.23. The number of hydrogen-bond acceptors (Lipinski definition) is 1. The van der Waals surface area contributed by atoms with Gasteiger partial charge in [-0.05, 0) is 18.9 Å². The zero-order chi connectivity index (χ0) is 14.1. The molecule has 1 aromatic carbocycles. The molecule has 0 aromatic heterocycles. The fourth-order valence-corrected chi connectivity index (χ4v) is 5.51. The van der Waals surface area contributed by atoms with Crippen molar-refractivity contribution in [2.45, 2.75) is 51.7 Å². The topological polar surface area (TPSA) is 20.2 Å². The lowest BCUT2D eigenvalue weighted by molar-refractivity contribution is 0.301. The maximum absolute atomic E-state index is 9.30. The summed E-state index contributed by atoms with van der Waals surface area (Å²) in [7, 11) is -1.44.